The van der Waals surface area contributed by atoms with Crippen molar-refractivity contribution >= 4 is 22.8 Å². The van der Waals surface area contributed by atoms with Gasteiger partial charge in [-0.15, -0.1) is 0 Å². The van der Waals surface area contributed by atoms with Gasteiger partial charge in [0.1, 0.15) is 6.54 Å². The highest BCUT2D eigenvalue weighted by molar-refractivity contribution is 5.77. The zero-order valence-corrected chi connectivity index (χ0v) is 17.8. The molecule has 3 heterocycles. The molecular weight excluding hydrogens is 384 g/mol. The van der Waals surface area contributed by atoms with Gasteiger partial charge >= 0.3 is 5.69 Å². The van der Waals surface area contributed by atoms with E-state index in [2.05, 4.69) is 35.9 Å². The smallest absolute Gasteiger partial charge is 0.332 e. The molecule has 1 aliphatic rings. The van der Waals surface area contributed by atoms with E-state index in [4.69, 9.17) is 0 Å². The Balaban J connectivity index is 1.52. The molecule has 0 aliphatic carbocycles. The molecule has 0 bridgehead atoms. The van der Waals surface area contributed by atoms with Gasteiger partial charge < -0.3 is 14.4 Å². The minimum atomic E-state index is -0.534. The second-order valence-corrected chi connectivity index (χ2v) is 7.85. The lowest BCUT2D eigenvalue weighted by atomic mass is 10.1. The minimum absolute atomic E-state index is 0.226. The first-order valence-electron chi connectivity index (χ1n) is 9.99. The molecule has 0 N–H and O–H groups in total. The summed E-state index contributed by atoms with van der Waals surface area (Å²) in [5, 5.41) is 0. The van der Waals surface area contributed by atoms with Crippen molar-refractivity contribution in [2.45, 2.75) is 20.4 Å². The first-order valence-corrected chi connectivity index (χ1v) is 9.99. The van der Waals surface area contributed by atoms with Crippen LogP contribution >= 0.6 is 0 Å². The predicted octanol–water partition coefficient (Wildman–Crippen LogP) is 0.399. The van der Waals surface area contributed by atoms with E-state index in [0.717, 1.165) is 4.57 Å². The monoisotopic (exact) mass is 410 g/mol. The molecule has 9 nitrogen and oxygen atoms in total. The van der Waals surface area contributed by atoms with Crippen molar-refractivity contribution in [2.75, 3.05) is 31.1 Å². The summed E-state index contributed by atoms with van der Waals surface area (Å²) in [5.74, 6) is -0.226. The summed E-state index contributed by atoms with van der Waals surface area (Å²) in [5.41, 5.74) is 3.28. The number of nitrogens with zero attached hydrogens (tertiary/aromatic N) is 6. The lowest BCUT2D eigenvalue weighted by molar-refractivity contribution is -0.132. The summed E-state index contributed by atoms with van der Waals surface area (Å²) in [6.07, 6.45) is 1.49. The summed E-state index contributed by atoms with van der Waals surface area (Å²) in [6, 6.07) is 6.24. The Bertz CT molecular complexity index is 1240. The number of anilines is 1. The Morgan fingerprint density at radius 2 is 1.77 bits per heavy atom. The molecule has 0 radical (unpaired) electrons. The number of rotatable bonds is 3. The molecule has 4 rings (SSSR count). The van der Waals surface area contributed by atoms with Crippen molar-refractivity contribution in [3.8, 4) is 0 Å². The number of hydrogen-bond donors (Lipinski definition) is 0. The number of carbonyl (C=O) groups excluding carboxylic acids is 1. The van der Waals surface area contributed by atoms with Crippen LogP contribution in [0.15, 0.2) is 34.1 Å². The SMILES string of the molecule is Cc1cccc(N2CCN(C(=O)Cn3c(=O)c4c(ncn4C)n(C)c3=O)CC2)c1C. The zero-order valence-electron chi connectivity index (χ0n) is 17.8. The maximum absolute atomic E-state index is 12.9. The third-order valence-electron chi connectivity index (χ3n) is 6.04. The normalized spacial score (nSPS) is 14.5. The second kappa shape index (κ2) is 7.47. The molecular formula is C21H26N6O3. The Morgan fingerprint density at radius 1 is 1.07 bits per heavy atom. The van der Waals surface area contributed by atoms with Crippen LogP contribution in [0.25, 0.3) is 11.2 Å². The van der Waals surface area contributed by atoms with Crippen LogP contribution in [0.1, 0.15) is 11.1 Å². The summed E-state index contributed by atoms with van der Waals surface area (Å²) >= 11 is 0. The molecule has 30 heavy (non-hydrogen) atoms. The fourth-order valence-electron chi connectivity index (χ4n) is 4.05. The quantitative estimate of drug-likeness (QED) is 0.624. The molecule has 1 aromatic carbocycles. The summed E-state index contributed by atoms with van der Waals surface area (Å²) in [4.78, 5) is 46.4. The molecule has 1 aliphatic heterocycles. The van der Waals surface area contributed by atoms with Gasteiger partial charge in [-0.1, -0.05) is 12.1 Å². The minimum Gasteiger partial charge on any atom is -0.368 e. The Morgan fingerprint density at radius 3 is 2.47 bits per heavy atom. The van der Waals surface area contributed by atoms with E-state index in [1.807, 2.05) is 6.07 Å². The summed E-state index contributed by atoms with van der Waals surface area (Å²) in [7, 11) is 3.25. The lowest BCUT2D eigenvalue weighted by Crippen LogP contribution is -2.51. The lowest BCUT2D eigenvalue weighted by Gasteiger charge is -2.37. The van der Waals surface area contributed by atoms with Crippen molar-refractivity contribution < 1.29 is 4.79 Å². The van der Waals surface area contributed by atoms with Crippen LogP contribution in [-0.4, -0.2) is 55.7 Å². The molecule has 1 fully saturated rings. The first kappa shape index (κ1) is 19.9. The van der Waals surface area contributed by atoms with Crippen LogP contribution in [0, 0.1) is 13.8 Å². The van der Waals surface area contributed by atoms with Gasteiger partial charge in [0, 0.05) is 46.0 Å². The topological polar surface area (TPSA) is 85.4 Å². The molecule has 2 aromatic heterocycles. The van der Waals surface area contributed by atoms with Gasteiger partial charge in [0.2, 0.25) is 5.91 Å². The highest BCUT2D eigenvalue weighted by Crippen LogP contribution is 2.23. The number of amides is 1. The van der Waals surface area contributed by atoms with Gasteiger partial charge in [0.15, 0.2) is 11.2 Å². The van der Waals surface area contributed by atoms with E-state index < -0.39 is 11.2 Å². The number of aryl methyl sites for hydroxylation is 3. The number of benzene rings is 1. The standard InChI is InChI=1S/C21H26N6O3/c1-14-6-5-7-16(15(14)2)25-8-10-26(11-9-25)17(28)12-27-20(29)18-19(22-13-23(18)3)24(4)21(27)30/h5-7,13H,8-12H2,1-4H3. The highest BCUT2D eigenvalue weighted by atomic mass is 16.2. The van der Waals surface area contributed by atoms with Crippen LogP contribution in [0.4, 0.5) is 5.69 Å². The molecule has 1 amide bonds. The van der Waals surface area contributed by atoms with Crippen molar-refractivity contribution in [3.63, 3.8) is 0 Å². The molecule has 9 heteroatoms. The Hall–Kier alpha value is -3.36. The summed E-state index contributed by atoms with van der Waals surface area (Å²) in [6.45, 7) is 6.46. The largest absolute Gasteiger partial charge is 0.368 e. The molecule has 3 aromatic rings. The maximum Gasteiger partial charge on any atom is 0.332 e. The van der Waals surface area contributed by atoms with E-state index in [-0.39, 0.29) is 12.5 Å². The fourth-order valence-corrected chi connectivity index (χ4v) is 4.05. The summed E-state index contributed by atoms with van der Waals surface area (Å²) < 4.78 is 3.88. The van der Waals surface area contributed by atoms with Gasteiger partial charge in [0.05, 0.1) is 6.33 Å². The maximum atomic E-state index is 12.9. The van der Waals surface area contributed by atoms with E-state index >= 15 is 0 Å². The molecule has 1 saturated heterocycles. The van der Waals surface area contributed by atoms with Gasteiger partial charge in [-0.05, 0) is 31.0 Å². The number of fused-ring (bicyclic) bond motifs is 1. The van der Waals surface area contributed by atoms with Gasteiger partial charge in [-0.25, -0.2) is 14.3 Å². The number of imidazole rings is 1. The van der Waals surface area contributed by atoms with Crippen molar-refractivity contribution in [1.29, 1.82) is 0 Å². The van der Waals surface area contributed by atoms with Crippen molar-refractivity contribution in [3.05, 3.63) is 56.5 Å². The van der Waals surface area contributed by atoms with E-state index in [1.54, 1.807) is 23.6 Å². The Labute approximate surface area is 173 Å². The van der Waals surface area contributed by atoms with Crippen LogP contribution in [-0.2, 0) is 25.4 Å². The van der Waals surface area contributed by atoms with Crippen molar-refractivity contribution in [2.24, 2.45) is 14.1 Å². The van der Waals surface area contributed by atoms with Gasteiger partial charge in [0.25, 0.3) is 5.56 Å². The third kappa shape index (κ3) is 3.20. The number of piperazine rings is 1. The molecule has 0 spiro atoms. The van der Waals surface area contributed by atoms with Gasteiger partial charge in [-0.3, -0.25) is 14.2 Å². The molecule has 0 atom stereocenters. The zero-order chi connectivity index (χ0) is 21.6. The third-order valence-corrected chi connectivity index (χ3v) is 6.04. The van der Waals surface area contributed by atoms with E-state index in [0.29, 0.717) is 37.3 Å². The van der Waals surface area contributed by atoms with E-state index in [9.17, 15) is 14.4 Å². The van der Waals surface area contributed by atoms with Crippen molar-refractivity contribution in [1.82, 2.24) is 23.6 Å². The number of aromatic nitrogens is 4. The van der Waals surface area contributed by atoms with Crippen LogP contribution in [0.3, 0.4) is 0 Å². The Kier molecular flexibility index (Phi) is 4.97. The average molecular weight is 410 g/mol. The van der Waals surface area contributed by atoms with Gasteiger partial charge in [-0.2, -0.15) is 0 Å². The fraction of sp³-hybridized carbons (Fsp3) is 0.429. The average Bonchev–Trinajstić information content (AvgIpc) is 3.13. The van der Waals surface area contributed by atoms with Crippen LogP contribution in [0.2, 0.25) is 0 Å². The number of hydrogen-bond acceptors (Lipinski definition) is 5. The second-order valence-electron chi connectivity index (χ2n) is 7.85. The number of carbonyl (C=O) groups is 1. The molecule has 0 saturated carbocycles. The highest BCUT2D eigenvalue weighted by Gasteiger charge is 2.24. The molecule has 158 valence electrons. The first-order chi connectivity index (χ1) is 14.3. The molecule has 0 unspecified atom stereocenters. The van der Waals surface area contributed by atoms with E-state index in [1.165, 1.54) is 27.7 Å². The van der Waals surface area contributed by atoms with Crippen LogP contribution < -0.4 is 16.1 Å². The predicted molar refractivity (Wildman–Crippen MR) is 115 cm³/mol. The van der Waals surface area contributed by atoms with Crippen LogP contribution in [0.5, 0.6) is 0 Å².